The third-order valence-electron chi connectivity index (χ3n) is 4.21. The van der Waals surface area contributed by atoms with Crippen LogP contribution in [0.5, 0.6) is 5.75 Å². The van der Waals surface area contributed by atoms with E-state index in [0.717, 1.165) is 18.3 Å². The predicted molar refractivity (Wildman–Crippen MR) is 127 cm³/mol. The third kappa shape index (κ3) is 6.68. The van der Waals surface area contributed by atoms with Crippen LogP contribution >= 0.6 is 24.0 Å². The molecule has 1 aromatic carbocycles. The summed E-state index contributed by atoms with van der Waals surface area (Å²) >= 11 is 0. The summed E-state index contributed by atoms with van der Waals surface area (Å²) in [4.78, 5) is 15.0. The maximum atomic E-state index is 5.49. The van der Waals surface area contributed by atoms with Gasteiger partial charge in [-0.3, -0.25) is 9.98 Å². The number of rotatable bonds is 8. The van der Waals surface area contributed by atoms with Crippen LogP contribution in [0.3, 0.4) is 0 Å². The van der Waals surface area contributed by atoms with Gasteiger partial charge in [-0.2, -0.15) is 4.98 Å². The molecule has 1 N–H and O–H groups in total. The number of benzene rings is 1. The van der Waals surface area contributed by atoms with E-state index in [4.69, 9.17) is 9.26 Å². The zero-order valence-corrected chi connectivity index (χ0v) is 19.7. The molecule has 3 rings (SSSR count). The Labute approximate surface area is 193 Å². The van der Waals surface area contributed by atoms with Crippen LogP contribution in [0.1, 0.15) is 18.3 Å². The number of aromatic nitrogens is 3. The summed E-state index contributed by atoms with van der Waals surface area (Å²) in [6.45, 7) is 4.02. The van der Waals surface area contributed by atoms with Crippen molar-refractivity contribution in [2.45, 2.75) is 19.9 Å². The van der Waals surface area contributed by atoms with Crippen molar-refractivity contribution < 1.29 is 9.26 Å². The van der Waals surface area contributed by atoms with Crippen molar-refractivity contribution >= 4 is 29.9 Å². The van der Waals surface area contributed by atoms with Crippen LogP contribution in [0.4, 0.5) is 0 Å². The number of nitrogens with zero attached hydrogens (tertiary/aromatic N) is 5. The Hall–Kier alpha value is -2.69. The molecule has 0 unspecified atom stereocenters. The Balaban J connectivity index is 0.00000320. The fourth-order valence-electron chi connectivity index (χ4n) is 2.83. The lowest BCUT2D eigenvalue weighted by atomic mass is 10.2. The molecule has 3 aromatic rings. The van der Waals surface area contributed by atoms with E-state index in [1.165, 1.54) is 5.56 Å². The fraction of sp³-hybridized carbons (Fsp3) is 0.333. The van der Waals surface area contributed by atoms with Crippen molar-refractivity contribution in [3.63, 3.8) is 0 Å². The van der Waals surface area contributed by atoms with E-state index in [9.17, 15) is 0 Å². The Morgan fingerprint density at radius 2 is 2.00 bits per heavy atom. The van der Waals surface area contributed by atoms with Gasteiger partial charge in [0.15, 0.2) is 11.8 Å². The predicted octanol–water partition coefficient (Wildman–Crippen LogP) is 3.40. The number of aliphatic imine (C=N–C) groups is 1. The van der Waals surface area contributed by atoms with Gasteiger partial charge in [0.05, 0.1) is 6.61 Å². The average Bonchev–Trinajstić information content (AvgIpc) is 3.22. The molecule has 0 saturated carbocycles. The summed E-state index contributed by atoms with van der Waals surface area (Å²) in [5, 5.41) is 7.35. The van der Waals surface area contributed by atoms with Crippen molar-refractivity contribution in [2.75, 3.05) is 27.2 Å². The minimum atomic E-state index is 0. The maximum absolute atomic E-state index is 5.49. The first kappa shape index (κ1) is 23.6. The quantitative estimate of drug-likeness (QED) is 0.276. The van der Waals surface area contributed by atoms with E-state index in [-0.39, 0.29) is 24.0 Å². The highest BCUT2D eigenvalue weighted by molar-refractivity contribution is 14.0. The zero-order chi connectivity index (χ0) is 20.5. The Bertz CT molecular complexity index is 915. The van der Waals surface area contributed by atoms with Crippen molar-refractivity contribution in [3.05, 3.63) is 60.0 Å². The zero-order valence-electron chi connectivity index (χ0n) is 17.4. The molecule has 0 fully saturated rings. The smallest absolute Gasteiger partial charge is 0.276 e. The number of guanidine groups is 1. The van der Waals surface area contributed by atoms with Gasteiger partial charge in [0.25, 0.3) is 5.89 Å². The number of halogens is 1. The molecule has 9 heteroatoms. The van der Waals surface area contributed by atoms with Crippen LogP contribution in [0.15, 0.2) is 58.2 Å². The van der Waals surface area contributed by atoms with E-state index in [1.807, 2.05) is 44.3 Å². The first-order valence-electron chi connectivity index (χ1n) is 9.57. The molecule has 2 aromatic heterocycles. The van der Waals surface area contributed by atoms with Gasteiger partial charge in [-0.15, -0.1) is 24.0 Å². The normalized spacial score (nSPS) is 11.0. The van der Waals surface area contributed by atoms with E-state index in [1.54, 1.807) is 13.2 Å². The first-order chi connectivity index (χ1) is 14.2. The standard InChI is InChI=1S/C21H26N6O2.HI/c1-4-28-17-10-8-16(9-11-17)15-27(3)21(22-2)24-14-12-19-25-20(29-26-19)18-7-5-6-13-23-18;/h5-11,13H,4,12,14-15H2,1-3H3,(H,22,24);1H. The van der Waals surface area contributed by atoms with Gasteiger partial charge in [-0.25, -0.2) is 0 Å². The van der Waals surface area contributed by atoms with E-state index < -0.39 is 0 Å². The molecule has 160 valence electrons. The summed E-state index contributed by atoms with van der Waals surface area (Å²) in [5.74, 6) is 2.74. The highest BCUT2D eigenvalue weighted by atomic mass is 127. The lowest BCUT2D eigenvalue weighted by molar-refractivity contribution is 0.340. The minimum Gasteiger partial charge on any atom is -0.494 e. The number of nitrogens with one attached hydrogen (secondary N) is 1. The summed E-state index contributed by atoms with van der Waals surface area (Å²) in [7, 11) is 3.77. The van der Waals surface area contributed by atoms with Gasteiger partial charge in [0.1, 0.15) is 11.4 Å². The van der Waals surface area contributed by atoms with Crippen LogP contribution in [0.2, 0.25) is 0 Å². The SMILES string of the molecule is CCOc1ccc(CN(C)C(=NC)NCCc2noc(-c3ccccn3)n2)cc1.I. The molecule has 0 atom stereocenters. The Morgan fingerprint density at radius 3 is 2.67 bits per heavy atom. The minimum absolute atomic E-state index is 0. The number of ether oxygens (including phenoxy) is 1. The molecule has 0 bridgehead atoms. The molecule has 8 nitrogen and oxygen atoms in total. The van der Waals surface area contributed by atoms with Crippen LogP contribution in [-0.2, 0) is 13.0 Å². The van der Waals surface area contributed by atoms with Gasteiger partial charge in [-0.1, -0.05) is 23.4 Å². The second-order valence-electron chi connectivity index (χ2n) is 6.39. The molecule has 30 heavy (non-hydrogen) atoms. The molecule has 0 spiro atoms. The third-order valence-corrected chi connectivity index (χ3v) is 4.21. The van der Waals surface area contributed by atoms with Crippen LogP contribution in [0.25, 0.3) is 11.6 Å². The van der Waals surface area contributed by atoms with Gasteiger partial charge >= 0.3 is 0 Å². The van der Waals surface area contributed by atoms with Crippen LogP contribution in [-0.4, -0.2) is 53.2 Å². The van der Waals surface area contributed by atoms with Gasteiger partial charge in [-0.05, 0) is 36.8 Å². The molecule has 2 heterocycles. The van der Waals surface area contributed by atoms with Crippen LogP contribution < -0.4 is 10.1 Å². The van der Waals surface area contributed by atoms with Gasteiger partial charge in [0.2, 0.25) is 0 Å². The number of hydrogen-bond acceptors (Lipinski definition) is 6. The van der Waals surface area contributed by atoms with E-state index in [0.29, 0.717) is 37.0 Å². The lowest BCUT2D eigenvalue weighted by Gasteiger charge is -2.22. The van der Waals surface area contributed by atoms with Gasteiger partial charge in [0, 0.05) is 39.8 Å². The van der Waals surface area contributed by atoms with Crippen LogP contribution in [0, 0.1) is 0 Å². The Kier molecular flexibility index (Phi) is 9.52. The maximum Gasteiger partial charge on any atom is 0.276 e. The monoisotopic (exact) mass is 522 g/mol. The Morgan fingerprint density at radius 1 is 1.20 bits per heavy atom. The molecule has 0 amide bonds. The lowest BCUT2D eigenvalue weighted by Crippen LogP contribution is -2.39. The second-order valence-corrected chi connectivity index (χ2v) is 6.39. The number of hydrogen-bond donors (Lipinski definition) is 1. The van der Waals surface area contributed by atoms with E-state index in [2.05, 4.69) is 42.5 Å². The molecular weight excluding hydrogens is 495 g/mol. The largest absolute Gasteiger partial charge is 0.494 e. The molecular formula is C21H27IN6O2. The number of pyridine rings is 1. The van der Waals surface area contributed by atoms with Crippen molar-refractivity contribution in [1.29, 1.82) is 0 Å². The summed E-state index contributed by atoms with van der Waals surface area (Å²) < 4.78 is 10.8. The molecule has 0 radical (unpaired) electrons. The highest BCUT2D eigenvalue weighted by Crippen LogP contribution is 2.14. The highest BCUT2D eigenvalue weighted by Gasteiger charge is 2.11. The van der Waals surface area contributed by atoms with Gasteiger partial charge < -0.3 is 19.5 Å². The fourth-order valence-corrected chi connectivity index (χ4v) is 2.83. The summed E-state index contributed by atoms with van der Waals surface area (Å²) in [5.41, 5.74) is 1.85. The second kappa shape index (κ2) is 12.1. The molecule has 0 saturated heterocycles. The van der Waals surface area contributed by atoms with E-state index >= 15 is 0 Å². The van der Waals surface area contributed by atoms with Crippen molar-refractivity contribution in [2.24, 2.45) is 4.99 Å². The molecule has 0 aliphatic rings. The molecule has 0 aliphatic heterocycles. The average molecular weight is 522 g/mol. The van der Waals surface area contributed by atoms with Crippen molar-refractivity contribution in [3.8, 4) is 17.3 Å². The summed E-state index contributed by atoms with van der Waals surface area (Å²) in [6.07, 6.45) is 2.32. The molecule has 0 aliphatic carbocycles. The first-order valence-corrected chi connectivity index (χ1v) is 9.57. The topological polar surface area (TPSA) is 88.7 Å². The van der Waals surface area contributed by atoms with Crippen molar-refractivity contribution in [1.82, 2.24) is 25.3 Å². The summed E-state index contributed by atoms with van der Waals surface area (Å²) in [6, 6.07) is 13.7.